The van der Waals surface area contributed by atoms with E-state index in [-0.39, 0.29) is 11.8 Å². The minimum Gasteiger partial charge on any atom is -0.369 e. The monoisotopic (exact) mass is 393 g/mol. The summed E-state index contributed by atoms with van der Waals surface area (Å²) in [5.74, 6) is 0.750. The van der Waals surface area contributed by atoms with E-state index in [1.165, 1.54) is 0 Å². The quantitative estimate of drug-likeness (QED) is 0.340. The van der Waals surface area contributed by atoms with E-state index in [9.17, 15) is 4.79 Å². The van der Waals surface area contributed by atoms with Crippen molar-refractivity contribution in [1.82, 2.24) is 15.5 Å². The zero-order valence-electron chi connectivity index (χ0n) is 16.2. The number of unbranched alkanes of at least 4 members (excludes halogenated alkanes) is 1. The second-order valence-electron chi connectivity index (χ2n) is 6.99. The van der Waals surface area contributed by atoms with E-state index in [0.29, 0.717) is 0 Å². The van der Waals surface area contributed by atoms with Crippen molar-refractivity contribution >= 4 is 23.5 Å². The molecule has 1 aliphatic rings. The number of piperidine rings is 1. The highest BCUT2D eigenvalue weighted by molar-refractivity contribution is 6.31. The summed E-state index contributed by atoms with van der Waals surface area (Å²) in [5.41, 5.74) is 6.52. The van der Waals surface area contributed by atoms with Crippen LogP contribution < -0.4 is 16.4 Å². The number of aliphatic imine (C=N–C) groups is 1. The highest BCUT2D eigenvalue weighted by atomic mass is 35.5. The molecule has 0 aliphatic carbocycles. The molecule has 7 heteroatoms. The Morgan fingerprint density at radius 2 is 1.93 bits per heavy atom. The molecule has 4 N–H and O–H groups in total. The SMILES string of the molecule is CN=C(NCCCCN1CCC(C(N)=O)CC1)NCCc1ccccc1Cl. The van der Waals surface area contributed by atoms with Crippen molar-refractivity contribution in [3.05, 3.63) is 34.9 Å². The standard InChI is InChI=1S/C20H32ClN5O/c1-23-20(25-12-8-16-6-2-3-7-18(16)21)24-11-4-5-13-26-14-9-17(10-15-26)19(22)27/h2-3,6-7,17H,4-5,8-15H2,1H3,(H2,22,27)(H2,23,24,25). The molecule has 1 amide bonds. The highest BCUT2D eigenvalue weighted by Crippen LogP contribution is 2.17. The van der Waals surface area contributed by atoms with Crippen LogP contribution in [0.1, 0.15) is 31.2 Å². The number of guanidine groups is 1. The number of benzene rings is 1. The molecule has 1 fully saturated rings. The van der Waals surface area contributed by atoms with E-state index < -0.39 is 0 Å². The van der Waals surface area contributed by atoms with Gasteiger partial charge in [-0.25, -0.2) is 0 Å². The molecule has 1 aromatic rings. The number of primary amides is 1. The molecule has 1 aliphatic heterocycles. The second-order valence-corrected chi connectivity index (χ2v) is 7.40. The van der Waals surface area contributed by atoms with E-state index in [1.807, 2.05) is 24.3 Å². The number of nitrogens with zero attached hydrogens (tertiary/aromatic N) is 2. The predicted molar refractivity (Wildman–Crippen MR) is 112 cm³/mol. The number of nitrogens with one attached hydrogen (secondary N) is 2. The molecule has 0 bridgehead atoms. The van der Waals surface area contributed by atoms with Gasteiger partial charge >= 0.3 is 0 Å². The first kappa shape index (κ1) is 21.5. The zero-order valence-corrected chi connectivity index (χ0v) is 17.0. The lowest BCUT2D eigenvalue weighted by atomic mass is 9.96. The fourth-order valence-electron chi connectivity index (χ4n) is 3.35. The minimum absolute atomic E-state index is 0.0723. The van der Waals surface area contributed by atoms with Crippen molar-refractivity contribution in [2.75, 3.05) is 39.8 Å². The average molecular weight is 394 g/mol. The maximum absolute atomic E-state index is 11.2. The molecular weight excluding hydrogens is 362 g/mol. The van der Waals surface area contributed by atoms with Crippen LogP contribution in [0.5, 0.6) is 0 Å². The molecule has 0 spiro atoms. The molecular formula is C20H32ClN5O. The lowest BCUT2D eigenvalue weighted by molar-refractivity contribution is -0.123. The topological polar surface area (TPSA) is 82.8 Å². The number of rotatable bonds is 9. The van der Waals surface area contributed by atoms with Gasteiger partial charge < -0.3 is 21.3 Å². The smallest absolute Gasteiger partial charge is 0.220 e. The summed E-state index contributed by atoms with van der Waals surface area (Å²) < 4.78 is 0. The predicted octanol–water partition coefficient (Wildman–Crippen LogP) is 2.03. The molecule has 150 valence electrons. The van der Waals surface area contributed by atoms with Crippen molar-refractivity contribution in [3.63, 3.8) is 0 Å². The minimum atomic E-state index is -0.146. The summed E-state index contributed by atoms with van der Waals surface area (Å²) in [6.07, 6.45) is 4.87. The summed E-state index contributed by atoms with van der Waals surface area (Å²) >= 11 is 6.18. The Kier molecular flexibility index (Phi) is 9.42. The van der Waals surface area contributed by atoms with Crippen LogP contribution in [0.15, 0.2) is 29.3 Å². The number of carbonyl (C=O) groups excluding carboxylic acids is 1. The summed E-state index contributed by atoms with van der Waals surface area (Å²) in [4.78, 5) is 17.9. The van der Waals surface area contributed by atoms with Gasteiger partial charge in [-0.2, -0.15) is 0 Å². The van der Waals surface area contributed by atoms with E-state index in [4.69, 9.17) is 17.3 Å². The third kappa shape index (κ3) is 7.77. The lowest BCUT2D eigenvalue weighted by Gasteiger charge is -2.30. The molecule has 0 aromatic heterocycles. The van der Waals surface area contributed by atoms with Gasteiger partial charge in [-0.3, -0.25) is 9.79 Å². The van der Waals surface area contributed by atoms with Crippen LogP contribution in [0.3, 0.4) is 0 Å². The largest absolute Gasteiger partial charge is 0.369 e. The molecule has 6 nitrogen and oxygen atoms in total. The number of hydrogen-bond donors (Lipinski definition) is 3. The average Bonchev–Trinajstić information content (AvgIpc) is 2.68. The van der Waals surface area contributed by atoms with Crippen molar-refractivity contribution in [1.29, 1.82) is 0 Å². The molecule has 0 atom stereocenters. The fourth-order valence-corrected chi connectivity index (χ4v) is 3.58. The van der Waals surface area contributed by atoms with Gasteiger partial charge in [0.25, 0.3) is 0 Å². The van der Waals surface area contributed by atoms with Gasteiger partial charge in [0.2, 0.25) is 5.91 Å². The second kappa shape index (κ2) is 11.8. The summed E-state index contributed by atoms with van der Waals surface area (Å²) in [7, 11) is 1.79. The van der Waals surface area contributed by atoms with Crippen molar-refractivity contribution in [2.45, 2.75) is 32.1 Å². The van der Waals surface area contributed by atoms with Gasteiger partial charge in [-0.05, 0) is 63.4 Å². The van der Waals surface area contributed by atoms with Gasteiger partial charge in [-0.15, -0.1) is 0 Å². The first-order valence-electron chi connectivity index (χ1n) is 9.79. The zero-order chi connectivity index (χ0) is 19.5. The highest BCUT2D eigenvalue weighted by Gasteiger charge is 2.22. The Balaban J connectivity index is 1.54. The molecule has 1 aromatic carbocycles. The Labute approximate surface area is 167 Å². The summed E-state index contributed by atoms with van der Waals surface area (Å²) in [5, 5.41) is 7.49. The van der Waals surface area contributed by atoms with Crippen LogP contribution >= 0.6 is 11.6 Å². The Morgan fingerprint density at radius 1 is 1.22 bits per heavy atom. The van der Waals surface area contributed by atoms with E-state index >= 15 is 0 Å². The first-order chi connectivity index (χ1) is 13.1. The number of likely N-dealkylation sites (tertiary alicyclic amines) is 1. The number of amides is 1. The van der Waals surface area contributed by atoms with E-state index in [1.54, 1.807) is 7.05 Å². The van der Waals surface area contributed by atoms with Gasteiger partial charge in [0.15, 0.2) is 5.96 Å². The van der Waals surface area contributed by atoms with Crippen molar-refractivity contribution in [2.24, 2.45) is 16.6 Å². The molecule has 1 saturated heterocycles. The van der Waals surface area contributed by atoms with Crippen molar-refractivity contribution < 1.29 is 4.79 Å². The maximum atomic E-state index is 11.2. The fraction of sp³-hybridized carbons (Fsp3) is 0.600. The molecule has 0 radical (unpaired) electrons. The van der Waals surface area contributed by atoms with Gasteiger partial charge in [-0.1, -0.05) is 29.8 Å². The number of hydrogen-bond acceptors (Lipinski definition) is 3. The molecule has 27 heavy (non-hydrogen) atoms. The van der Waals surface area contributed by atoms with Crippen LogP contribution in [0, 0.1) is 5.92 Å². The number of nitrogens with two attached hydrogens (primary N) is 1. The van der Waals surface area contributed by atoms with Crippen LogP contribution in [0.4, 0.5) is 0 Å². The van der Waals surface area contributed by atoms with Crippen LogP contribution in [0.25, 0.3) is 0 Å². The lowest BCUT2D eigenvalue weighted by Crippen LogP contribution is -2.40. The third-order valence-electron chi connectivity index (χ3n) is 5.05. The normalized spacial score (nSPS) is 16.3. The molecule has 1 heterocycles. The molecule has 0 saturated carbocycles. The Bertz CT molecular complexity index is 614. The Morgan fingerprint density at radius 3 is 2.59 bits per heavy atom. The van der Waals surface area contributed by atoms with Crippen LogP contribution in [-0.2, 0) is 11.2 Å². The summed E-state index contributed by atoms with van der Waals surface area (Å²) in [6.45, 7) is 4.71. The van der Waals surface area contributed by atoms with E-state index in [0.717, 1.165) is 81.4 Å². The van der Waals surface area contributed by atoms with Gasteiger partial charge in [0, 0.05) is 31.1 Å². The maximum Gasteiger partial charge on any atom is 0.220 e. The number of halogens is 1. The van der Waals surface area contributed by atoms with Gasteiger partial charge in [0.1, 0.15) is 0 Å². The molecule has 2 rings (SSSR count). The summed E-state index contributed by atoms with van der Waals surface area (Å²) in [6, 6.07) is 7.91. The van der Waals surface area contributed by atoms with E-state index in [2.05, 4.69) is 20.5 Å². The van der Waals surface area contributed by atoms with Crippen molar-refractivity contribution in [3.8, 4) is 0 Å². The molecule has 0 unspecified atom stereocenters. The third-order valence-corrected chi connectivity index (χ3v) is 5.42. The van der Waals surface area contributed by atoms with Gasteiger partial charge in [0.05, 0.1) is 0 Å². The van der Waals surface area contributed by atoms with Crippen LogP contribution in [-0.4, -0.2) is 56.5 Å². The first-order valence-corrected chi connectivity index (χ1v) is 10.2. The number of carbonyl (C=O) groups is 1. The van der Waals surface area contributed by atoms with Crippen LogP contribution in [0.2, 0.25) is 5.02 Å². The Hall–Kier alpha value is -1.79.